The van der Waals surface area contributed by atoms with Gasteiger partial charge >= 0.3 is 0 Å². The molecule has 0 aliphatic rings. The van der Waals surface area contributed by atoms with E-state index in [1.165, 1.54) is 10.6 Å². The Hall–Kier alpha value is -2.87. The van der Waals surface area contributed by atoms with Gasteiger partial charge in [-0.2, -0.15) is 0 Å². The van der Waals surface area contributed by atoms with Crippen molar-refractivity contribution in [2.75, 3.05) is 30.2 Å². The first-order valence-corrected chi connectivity index (χ1v) is 13.1. The van der Waals surface area contributed by atoms with E-state index >= 15 is 0 Å². The summed E-state index contributed by atoms with van der Waals surface area (Å²) in [5.41, 5.74) is 2.63. The zero-order valence-corrected chi connectivity index (χ0v) is 20.8. The Morgan fingerprint density at radius 2 is 1.73 bits per heavy atom. The minimum atomic E-state index is -3.49. The summed E-state index contributed by atoms with van der Waals surface area (Å²) in [6, 6.07) is 16.5. The molecule has 0 spiro atoms. The standard InChI is InChI=1S/C25H35N3O4S/c1-5-26-25(30)21(3)27(18-16-22-12-7-6-8-13-22)24(29)15-10-17-28(33(4,31)32)23-14-9-11-20(2)19-23/h6-9,11-14,19,21H,5,10,15-18H2,1-4H3,(H,26,30). The van der Waals surface area contributed by atoms with E-state index in [1.807, 2.05) is 62.4 Å². The third-order valence-electron chi connectivity index (χ3n) is 5.44. The molecule has 2 amide bonds. The molecule has 0 saturated carbocycles. The third-order valence-corrected chi connectivity index (χ3v) is 6.64. The smallest absolute Gasteiger partial charge is 0.242 e. The molecule has 0 aromatic heterocycles. The summed E-state index contributed by atoms with van der Waals surface area (Å²) in [4.78, 5) is 27.1. The highest BCUT2D eigenvalue weighted by Crippen LogP contribution is 2.20. The van der Waals surface area contributed by atoms with Crippen LogP contribution in [0.25, 0.3) is 0 Å². The zero-order chi connectivity index (χ0) is 24.4. The average Bonchev–Trinajstić information content (AvgIpc) is 2.76. The van der Waals surface area contributed by atoms with Gasteiger partial charge in [-0.3, -0.25) is 13.9 Å². The third kappa shape index (κ3) is 8.20. The fraction of sp³-hybridized carbons (Fsp3) is 0.440. The van der Waals surface area contributed by atoms with Crippen LogP contribution < -0.4 is 9.62 Å². The molecule has 2 rings (SSSR count). The number of aryl methyl sites for hydroxylation is 1. The topological polar surface area (TPSA) is 86.8 Å². The number of amides is 2. The highest BCUT2D eigenvalue weighted by atomic mass is 32.2. The Labute approximate surface area is 197 Å². The minimum Gasteiger partial charge on any atom is -0.355 e. The molecule has 1 unspecified atom stereocenters. The van der Waals surface area contributed by atoms with E-state index < -0.39 is 16.1 Å². The van der Waals surface area contributed by atoms with Gasteiger partial charge in [-0.15, -0.1) is 0 Å². The van der Waals surface area contributed by atoms with Crippen LogP contribution in [0.1, 0.15) is 37.8 Å². The van der Waals surface area contributed by atoms with E-state index in [1.54, 1.807) is 17.9 Å². The summed E-state index contributed by atoms with van der Waals surface area (Å²) >= 11 is 0. The fourth-order valence-electron chi connectivity index (χ4n) is 3.68. The van der Waals surface area contributed by atoms with Gasteiger partial charge < -0.3 is 10.2 Å². The molecule has 33 heavy (non-hydrogen) atoms. The molecule has 0 aliphatic heterocycles. The van der Waals surface area contributed by atoms with E-state index in [-0.39, 0.29) is 24.8 Å². The summed E-state index contributed by atoms with van der Waals surface area (Å²) in [5.74, 6) is -0.362. The van der Waals surface area contributed by atoms with Crippen LogP contribution in [0.4, 0.5) is 5.69 Å². The molecule has 0 radical (unpaired) electrons. The number of sulfonamides is 1. The second-order valence-electron chi connectivity index (χ2n) is 8.17. The van der Waals surface area contributed by atoms with Gasteiger partial charge in [0.05, 0.1) is 11.9 Å². The molecule has 0 bridgehead atoms. The van der Waals surface area contributed by atoms with E-state index in [0.29, 0.717) is 31.6 Å². The summed E-state index contributed by atoms with van der Waals surface area (Å²) in [7, 11) is -3.49. The molecule has 0 aliphatic carbocycles. The molecule has 1 N–H and O–H groups in total. The van der Waals surface area contributed by atoms with E-state index in [9.17, 15) is 18.0 Å². The highest BCUT2D eigenvalue weighted by molar-refractivity contribution is 7.92. The van der Waals surface area contributed by atoms with Gasteiger partial charge in [0.1, 0.15) is 6.04 Å². The highest BCUT2D eigenvalue weighted by Gasteiger charge is 2.26. The molecular weight excluding hydrogens is 438 g/mol. The maximum atomic E-state index is 13.1. The molecule has 0 heterocycles. The molecule has 2 aromatic carbocycles. The Morgan fingerprint density at radius 1 is 1.03 bits per heavy atom. The van der Waals surface area contributed by atoms with Gasteiger partial charge in [0.2, 0.25) is 21.8 Å². The first kappa shape index (κ1) is 26.4. The Morgan fingerprint density at radius 3 is 2.33 bits per heavy atom. The van der Waals surface area contributed by atoms with Gasteiger partial charge in [0, 0.05) is 26.1 Å². The van der Waals surface area contributed by atoms with Crippen molar-refractivity contribution in [1.82, 2.24) is 10.2 Å². The second-order valence-corrected chi connectivity index (χ2v) is 10.1. The number of likely N-dealkylation sites (N-methyl/N-ethyl adjacent to an activating group) is 1. The normalized spacial score (nSPS) is 12.1. The lowest BCUT2D eigenvalue weighted by atomic mass is 10.1. The molecule has 180 valence electrons. The minimum absolute atomic E-state index is 0.149. The lowest BCUT2D eigenvalue weighted by Gasteiger charge is -2.29. The van der Waals surface area contributed by atoms with Crippen molar-refractivity contribution in [1.29, 1.82) is 0 Å². The van der Waals surface area contributed by atoms with Crippen LogP contribution >= 0.6 is 0 Å². The summed E-state index contributed by atoms with van der Waals surface area (Å²) < 4.78 is 26.0. The van der Waals surface area contributed by atoms with Crippen molar-refractivity contribution in [3.8, 4) is 0 Å². The largest absolute Gasteiger partial charge is 0.355 e. The van der Waals surface area contributed by atoms with Crippen molar-refractivity contribution < 1.29 is 18.0 Å². The summed E-state index contributed by atoms with van der Waals surface area (Å²) in [6.07, 6.45) is 2.30. The Balaban J connectivity index is 2.08. The Bertz CT molecular complexity index is 1020. The predicted molar refractivity (Wildman–Crippen MR) is 133 cm³/mol. The summed E-state index contributed by atoms with van der Waals surface area (Å²) in [6.45, 7) is 6.56. The van der Waals surface area contributed by atoms with Gasteiger partial charge in [0.15, 0.2) is 0 Å². The number of nitrogens with zero attached hydrogens (tertiary/aromatic N) is 2. The molecule has 7 nitrogen and oxygen atoms in total. The van der Waals surface area contributed by atoms with Crippen molar-refractivity contribution in [3.63, 3.8) is 0 Å². The van der Waals surface area contributed by atoms with Crippen molar-refractivity contribution >= 4 is 27.5 Å². The lowest BCUT2D eigenvalue weighted by molar-refractivity contribution is -0.139. The fourth-order valence-corrected chi connectivity index (χ4v) is 4.64. The first-order chi connectivity index (χ1) is 15.6. The number of rotatable bonds is 12. The zero-order valence-electron chi connectivity index (χ0n) is 20.0. The van der Waals surface area contributed by atoms with E-state index in [0.717, 1.165) is 11.1 Å². The van der Waals surface area contributed by atoms with Crippen LogP contribution in [0.5, 0.6) is 0 Å². The van der Waals surface area contributed by atoms with Crippen LogP contribution in [0.2, 0.25) is 0 Å². The molecule has 0 saturated heterocycles. The number of benzene rings is 2. The molecule has 1 atom stereocenters. The molecule has 0 fully saturated rings. The van der Waals surface area contributed by atoms with Crippen LogP contribution in [0.3, 0.4) is 0 Å². The van der Waals surface area contributed by atoms with Gasteiger partial charge in [-0.1, -0.05) is 42.5 Å². The van der Waals surface area contributed by atoms with Crippen molar-refractivity contribution in [2.24, 2.45) is 0 Å². The number of anilines is 1. The SMILES string of the molecule is CCNC(=O)C(C)N(CCc1ccccc1)C(=O)CCCN(c1cccc(C)c1)S(C)(=O)=O. The van der Waals surface area contributed by atoms with Crippen LogP contribution in [-0.4, -0.2) is 57.1 Å². The Kier molecular flexibility index (Phi) is 9.91. The van der Waals surface area contributed by atoms with Gasteiger partial charge in [-0.05, 0) is 56.9 Å². The van der Waals surface area contributed by atoms with Crippen LogP contribution in [0, 0.1) is 6.92 Å². The van der Waals surface area contributed by atoms with E-state index in [2.05, 4.69) is 5.32 Å². The van der Waals surface area contributed by atoms with Gasteiger partial charge in [0.25, 0.3) is 0 Å². The molecule has 8 heteroatoms. The number of hydrogen-bond donors (Lipinski definition) is 1. The van der Waals surface area contributed by atoms with Crippen molar-refractivity contribution in [2.45, 2.75) is 46.1 Å². The van der Waals surface area contributed by atoms with Gasteiger partial charge in [-0.25, -0.2) is 8.42 Å². The molecular formula is C25H35N3O4S. The van der Waals surface area contributed by atoms with Crippen molar-refractivity contribution in [3.05, 3.63) is 65.7 Å². The van der Waals surface area contributed by atoms with Crippen LogP contribution in [0.15, 0.2) is 54.6 Å². The number of carbonyl (C=O) groups is 2. The number of hydrogen-bond acceptors (Lipinski definition) is 4. The summed E-state index contributed by atoms with van der Waals surface area (Å²) in [5, 5.41) is 2.78. The lowest BCUT2D eigenvalue weighted by Crippen LogP contribution is -2.48. The van der Waals surface area contributed by atoms with Crippen LogP contribution in [-0.2, 0) is 26.0 Å². The second kappa shape index (κ2) is 12.4. The maximum Gasteiger partial charge on any atom is 0.242 e. The number of nitrogens with one attached hydrogen (secondary N) is 1. The number of carbonyl (C=O) groups excluding carboxylic acids is 2. The predicted octanol–water partition coefficient (Wildman–Crippen LogP) is 3.14. The quantitative estimate of drug-likeness (QED) is 0.513. The molecule has 2 aromatic rings. The maximum absolute atomic E-state index is 13.1. The van der Waals surface area contributed by atoms with E-state index in [4.69, 9.17) is 0 Å². The first-order valence-electron chi connectivity index (χ1n) is 11.3. The average molecular weight is 474 g/mol. The monoisotopic (exact) mass is 473 g/mol.